The Balaban J connectivity index is 1.33. The van der Waals surface area contributed by atoms with Crippen molar-refractivity contribution < 1.29 is 18.7 Å². The lowest BCUT2D eigenvalue weighted by Crippen LogP contribution is -2.46. The molecule has 0 unspecified atom stereocenters. The van der Waals surface area contributed by atoms with Crippen LogP contribution in [0.2, 0.25) is 5.02 Å². The molecule has 2 amide bonds. The number of ether oxygens (including phenoxy) is 1. The van der Waals surface area contributed by atoms with Crippen molar-refractivity contribution in [3.63, 3.8) is 0 Å². The summed E-state index contributed by atoms with van der Waals surface area (Å²) in [5, 5.41) is 3.75. The molecule has 0 aliphatic carbocycles. The molecule has 2 aromatic carbocycles. The van der Waals surface area contributed by atoms with Crippen molar-refractivity contribution >= 4 is 23.4 Å². The molecule has 1 aromatic heterocycles. The van der Waals surface area contributed by atoms with E-state index in [9.17, 15) is 9.59 Å². The van der Waals surface area contributed by atoms with Gasteiger partial charge < -0.3 is 19.4 Å². The van der Waals surface area contributed by atoms with Gasteiger partial charge in [-0.1, -0.05) is 35.9 Å². The minimum atomic E-state index is -0.175. The zero-order valence-electron chi connectivity index (χ0n) is 16.9. The molecule has 0 bridgehead atoms. The van der Waals surface area contributed by atoms with E-state index in [1.54, 1.807) is 23.1 Å². The number of hydrogen-bond acceptors (Lipinski definition) is 4. The van der Waals surface area contributed by atoms with E-state index in [-0.39, 0.29) is 17.9 Å². The highest BCUT2D eigenvalue weighted by Crippen LogP contribution is 2.21. The van der Waals surface area contributed by atoms with Gasteiger partial charge in [-0.3, -0.25) is 9.59 Å². The Morgan fingerprint density at radius 2 is 1.81 bits per heavy atom. The predicted molar refractivity (Wildman–Crippen MR) is 117 cm³/mol. The van der Waals surface area contributed by atoms with E-state index in [1.807, 2.05) is 36.4 Å². The third-order valence-electron chi connectivity index (χ3n) is 5.32. The number of carbonyl (C=O) groups is 2. The summed E-state index contributed by atoms with van der Waals surface area (Å²) < 4.78 is 10.9. The first-order valence-corrected chi connectivity index (χ1v) is 10.6. The summed E-state index contributed by atoms with van der Waals surface area (Å²) in [5.41, 5.74) is 2.01. The minimum absolute atomic E-state index is 0.00483. The molecule has 1 fully saturated rings. The molecule has 3 aromatic rings. The first kappa shape index (κ1) is 21.0. The fourth-order valence-electron chi connectivity index (χ4n) is 3.58. The Bertz CT molecular complexity index is 1030. The van der Waals surface area contributed by atoms with Crippen LogP contribution in [0.15, 0.2) is 71.5 Å². The van der Waals surface area contributed by atoms with Crippen molar-refractivity contribution in [2.45, 2.75) is 25.5 Å². The Kier molecular flexibility index (Phi) is 6.57. The van der Waals surface area contributed by atoms with Crippen molar-refractivity contribution in [1.29, 1.82) is 0 Å². The average molecular weight is 439 g/mol. The van der Waals surface area contributed by atoms with E-state index >= 15 is 0 Å². The number of likely N-dealkylation sites (tertiary alicyclic amines) is 1. The van der Waals surface area contributed by atoms with Crippen molar-refractivity contribution in [2.24, 2.45) is 0 Å². The number of amides is 2. The number of piperidine rings is 1. The number of para-hydroxylation sites is 1. The Morgan fingerprint density at radius 3 is 2.52 bits per heavy atom. The zero-order valence-corrected chi connectivity index (χ0v) is 17.7. The monoisotopic (exact) mass is 438 g/mol. The maximum absolute atomic E-state index is 12.9. The number of halogens is 1. The van der Waals surface area contributed by atoms with Crippen LogP contribution >= 0.6 is 11.6 Å². The number of hydrogen-bond donors (Lipinski definition) is 1. The molecule has 1 aliphatic rings. The summed E-state index contributed by atoms with van der Waals surface area (Å²) in [6.45, 7) is 1.52. The molecule has 1 N–H and O–H groups in total. The maximum Gasteiger partial charge on any atom is 0.257 e. The molecule has 31 heavy (non-hydrogen) atoms. The van der Waals surface area contributed by atoms with E-state index < -0.39 is 0 Å². The highest BCUT2D eigenvalue weighted by Gasteiger charge is 2.26. The Morgan fingerprint density at radius 1 is 1.06 bits per heavy atom. The second-order valence-electron chi connectivity index (χ2n) is 7.46. The lowest BCUT2D eigenvalue weighted by Gasteiger charge is -2.32. The van der Waals surface area contributed by atoms with E-state index in [2.05, 4.69) is 5.32 Å². The molecule has 0 atom stereocenters. The number of nitrogens with one attached hydrogen (secondary N) is 1. The molecular weight excluding hydrogens is 416 g/mol. The molecule has 4 rings (SSSR count). The third kappa shape index (κ3) is 5.27. The van der Waals surface area contributed by atoms with E-state index in [0.29, 0.717) is 54.4 Å². The molecule has 1 aliphatic heterocycles. The van der Waals surface area contributed by atoms with Gasteiger partial charge in [0.15, 0.2) is 0 Å². The van der Waals surface area contributed by atoms with Crippen molar-refractivity contribution in [2.75, 3.05) is 13.1 Å². The van der Waals surface area contributed by atoms with Gasteiger partial charge in [-0.15, -0.1) is 0 Å². The molecule has 160 valence electrons. The number of nitrogens with zero attached hydrogens (tertiary/aromatic N) is 1. The van der Waals surface area contributed by atoms with Gasteiger partial charge >= 0.3 is 0 Å². The van der Waals surface area contributed by atoms with E-state index in [1.165, 1.54) is 12.5 Å². The molecule has 0 radical (unpaired) electrons. The summed E-state index contributed by atoms with van der Waals surface area (Å²) in [6.07, 6.45) is 4.34. The molecule has 0 spiro atoms. The topological polar surface area (TPSA) is 71.8 Å². The van der Waals surface area contributed by atoms with Gasteiger partial charge in [0.2, 0.25) is 0 Å². The van der Waals surface area contributed by atoms with Crippen LogP contribution in [0, 0.1) is 0 Å². The highest BCUT2D eigenvalue weighted by molar-refractivity contribution is 6.30. The van der Waals surface area contributed by atoms with Crippen LogP contribution < -0.4 is 10.1 Å². The van der Waals surface area contributed by atoms with Crippen molar-refractivity contribution in [3.8, 4) is 5.75 Å². The summed E-state index contributed by atoms with van der Waals surface area (Å²) >= 11 is 5.92. The van der Waals surface area contributed by atoms with Crippen LogP contribution in [0.5, 0.6) is 5.75 Å². The SMILES string of the molecule is O=C(NC1CCN(C(=O)c2ccoc2)CC1)c1ccccc1OCc1ccc(Cl)cc1. The third-order valence-corrected chi connectivity index (χ3v) is 5.58. The Hall–Kier alpha value is -3.25. The highest BCUT2D eigenvalue weighted by atomic mass is 35.5. The molecular formula is C24H23ClN2O4. The van der Waals surface area contributed by atoms with Crippen LogP contribution in [0.3, 0.4) is 0 Å². The van der Waals surface area contributed by atoms with Gasteiger partial charge in [-0.05, 0) is 48.7 Å². The lowest BCUT2D eigenvalue weighted by molar-refractivity contribution is 0.0697. The normalized spacial score (nSPS) is 14.3. The first-order chi connectivity index (χ1) is 15.1. The van der Waals surface area contributed by atoms with Crippen molar-refractivity contribution in [1.82, 2.24) is 10.2 Å². The number of benzene rings is 2. The molecule has 6 nitrogen and oxygen atoms in total. The van der Waals surface area contributed by atoms with Gasteiger partial charge in [0.05, 0.1) is 17.4 Å². The van der Waals surface area contributed by atoms with Gasteiger partial charge in [-0.25, -0.2) is 0 Å². The minimum Gasteiger partial charge on any atom is -0.488 e. The quantitative estimate of drug-likeness (QED) is 0.613. The van der Waals surface area contributed by atoms with Gasteiger partial charge in [-0.2, -0.15) is 0 Å². The largest absolute Gasteiger partial charge is 0.488 e. The van der Waals surface area contributed by atoms with E-state index in [0.717, 1.165) is 5.56 Å². The lowest BCUT2D eigenvalue weighted by atomic mass is 10.0. The van der Waals surface area contributed by atoms with Crippen LogP contribution in [0.1, 0.15) is 39.1 Å². The fourth-order valence-corrected chi connectivity index (χ4v) is 3.71. The second kappa shape index (κ2) is 9.71. The molecule has 2 heterocycles. The molecule has 1 saturated heterocycles. The molecule has 0 saturated carbocycles. The predicted octanol–water partition coefficient (Wildman–Crippen LogP) is 4.55. The summed E-state index contributed by atoms with van der Waals surface area (Å²) in [5.74, 6) is 0.313. The van der Waals surface area contributed by atoms with Gasteiger partial charge in [0.1, 0.15) is 18.6 Å². The van der Waals surface area contributed by atoms with Crippen LogP contribution in [-0.4, -0.2) is 35.8 Å². The summed E-state index contributed by atoms with van der Waals surface area (Å²) in [7, 11) is 0. The van der Waals surface area contributed by atoms with Gasteiger partial charge in [0, 0.05) is 24.2 Å². The number of furan rings is 1. The molecule has 7 heteroatoms. The smallest absolute Gasteiger partial charge is 0.257 e. The van der Waals surface area contributed by atoms with Crippen LogP contribution in [0.25, 0.3) is 0 Å². The first-order valence-electron chi connectivity index (χ1n) is 10.2. The van der Waals surface area contributed by atoms with Crippen molar-refractivity contribution in [3.05, 3.63) is 88.8 Å². The summed E-state index contributed by atoms with van der Waals surface area (Å²) in [4.78, 5) is 27.1. The summed E-state index contributed by atoms with van der Waals surface area (Å²) in [6, 6.07) is 16.3. The van der Waals surface area contributed by atoms with Gasteiger partial charge in [0.25, 0.3) is 11.8 Å². The van der Waals surface area contributed by atoms with Crippen LogP contribution in [-0.2, 0) is 6.61 Å². The number of carbonyl (C=O) groups excluding carboxylic acids is 2. The average Bonchev–Trinajstić information content (AvgIpc) is 3.34. The zero-order chi connectivity index (χ0) is 21.6. The maximum atomic E-state index is 12.9. The number of rotatable bonds is 6. The van der Waals surface area contributed by atoms with Crippen LogP contribution in [0.4, 0.5) is 0 Å². The Labute approximate surface area is 185 Å². The fraction of sp³-hybridized carbons (Fsp3) is 0.250. The standard InChI is InChI=1S/C24H23ClN2O4/c25-19-7-5-17(6-8-19)15-31-22-4-2-1-3-21(22)23(28)26-20-9-12-27(13-10-20)24(29)18-11-14-30-16-18/h1-8,11,14,16,20H,9-10,12-13,15H2,(H,26,28). The second-order valence-corrected chi connectivity index (χ2v) is 7.90. The van der Waals surface area contributed by atoms with E-state index in [4.69, 9.17) is 20.8 Å².